The highest BCUT2D eigenvalue weighted by atomic mass is 16.5. The van der Waals surface area contributed by atoms with Crippen LogP contribution in [0.3, 0.4) is 0 Å². The zero-order valence-electron chi connectivity index (χ0n) is 9.63. The first kappa shape index (κ1) is 11.6. The molecule has 0 radical (unpaired) electrons. The molecule has 16 heavy (non-hydrogen) atoms. The van der Waals surface area contributed by atoms with Gasteiger partial charge in [-0.05, 0) is 25.8 Å². The van der Waals surface area contributed by atoms with Gasteiger partial charge in [0, 0.05) is 32.2 Å². The molecular weight excluding hydrogens is 204 g/mol. The predicted octanol–water partition coefficient (Wildman–Crippen LogP) is 0.449. The molecule has 0 atom stereocenters. The van der Waals surface area contributed by atoms with Gasteiger partial charge in [-0.2, -0.15) is 0 Å². The van der Waals surface area contributed by atoms with Gasteiger partial charge in [-0.1, -0.05) is 11.6 Å². The molecule has 2 aliphatic rings. The molecule has 0 aromatic heterocycles. The van der Waals surface area contributed by atoms with Crippen LogP contribution in [0.2, 0.25) is 0 Å². The second-order valence-electron chi connectivity index (χ2n) is 4.42. The first-order valence-corrected chi connectivity index (χ1v) is 6.10. The molecule has 2 rings (SSSR count). The summed E-state index contributed by atoms with van der Waals surface area (Å²) in [5, 5.41) is 6.29. The van der Waals surface area contributed by atoms with Crippen molar-refractivity contribution in [1.29, 1.82) is 0 Å². The van der Waals surface area contributed by atoms with E-state index in [0.717, 1.165) is 52.1 Å². The van der Waals surface area contributed by atoms with Crippen molar-refractivity contribution in [2.45, 2.75) is 19.3 Å². The second kappa shape index (κ2) is 6.01. The number of rotatable bonds is 3. The summed E-state index contributed by atoms with van der Waals surface area (Å²) in [6.07, 6.45) is 4.96. The molecule has 2 N–H and O–H groups in total. The number of hydrogen-bond acceptors (Lipinski definition) is 3. The van der Waals surface area contributed by atoms with Crippen LogP contribution < -0.4 is 10.6 Å². The number of carbonyl (C=O) groups is 1. The number of hydrogen-bond donors (Lipinski definition) is 2. The van der Waals surface area contributed by atoms with Crippen molar-refractivity contribution in [3.05, 3.63) is 11.6 Å². The van der Waals surface area contributed by atoms with Crippen molar-refractivity contribution in [1.82, 2.24) is 10.6 Å². The second-order valence-corrected chi connectivity index (χ2v) is 4.42. The van der Waals surface area contributed by atoms with E-state index in [2.05, 4.69) is 16.7 Å². The number of ether oxygens (including phenoxy) is 1. The van der Waals surface area contributed by atoms with Crippen LogP contribution in [0.25, 0.3) is 0 Å². The Morgan fingerprint density at radius 3 is 3.00 bits per heavy atom. The van der Waals surface area contributed by atoms with Gasteiger partial charge >= 0.3 is 0 Å². The van der Waals surface area contributed by atoms with Crippen LogP contribution in [-0.2, 0) is 9.53 Å². The Hall–Kier alpha value is -0.870. The van der Waals surface area contributed by atoms with Crippen LogP contribution in [0, 0.1) is 5.92 Å². The number of amides is 1. The average molecular weight is 224 g/mol. The average Bonchev–Trinajstić information content (AvgIpc) is 2.38. The van der Waals surface area contributed by atoms with Crippen LogP contribution in [0.15, 0.2) is 11.6 Å². The van der Waals surface area contributed by atoms with E-state index in [1.54, 1.807) is 0 Å². The van der Waals surface area contributed by atoms with Gasteiger partial charge in [-0.3, -0.25) is 4.79 Å². The van der Waals surface area contributed by atoms with E-state index in [1.807, 2.05) is 0 Å². The Morgan fingerprint density at radius 2 is 2.31 bits per heavy atom. The van der Waals surface area contributed by atoms with Crippen LogP contribution in [0.5, 0.6) is 0 Å². The largest absolute Gasteiger partial charge is 0.381 e. The first-order chi connectivity index (χ1) is 7.86. The minimum absolute atomic E-state index is 0.163. The van der Waals surface area contributed by atoms with Gasteiger partial charge in [0.1, 0.15) is 0 Å². The molecule has 4 nitrogen and oxygen atoms in total. The van der Waals surface area contributed by atoms with Gasteiger partial charge in [0.15, 0.2) is 0 Å². The lowest BCUT2D eigenvalue weighted by molar-refractivity contribution is -0.127. The van der Waals surface area contributed by atoms with Gasteiger partial charge < -0.3 is 15.4 Å². The number of carbonyl (C=O) groups excluding carboxylic acids is 1. The van der Waals surface area contributed by atoms with E-state index in [9.17, 15) is 4.79 Å². The van der Waals surface area contributed by atoms with E-state index in [0.29, 0.717) is 0 Å². The van der Waals surface area contributed by atoms with E-state index >= 15 is 0 Å². The summed E-state index contributed by atoms with van der Waals surface area (Å²) in [6.45, 7) is 4.13. The summed E-state index contributed by atoms with van der Waals surface area (Å²) in [7, 11) is 0. The predicted molar refractivity (Wildman–Crippen MR) is 62.1 cm³/mol. The Morgan fingerprint density at radius 1 is 1.50 bits per heavy atom. The Balaban J connectivity index is 1.72. The molecule has 0 unspecified atom stereocenters. The third-order valence-electron chi connectivity index (χ3n) is 3.24. The van der Waals surface area contributed by atoms with E-state index in [1.165, 1.54) is 5.57 Å². The maximum Gasteiger partial charge on any atom is 0.223 e. The fourth-order valence-electron chi connectivity index (χ4n) is 2.13. The molecule has 0 bridgehead atoms. The summed E-state index contributed by atoms with van der Waals surface area (Å²) < 4.78 is 5.24. The van der Waals surface area contributed by atoms with Crippen molar-refractivity contribution in [2.24, 2.45) is 5.92 Å². The van der Waals surface area contributed by atoms with Crippen LogP contribution in [0.4, 0.5) is 0 Å². The van der Waals surface area contributed by atoms with Crippen LogP contribution in [0.1, 0.15) is 19.3 Å². The third-order valence-corrected chi connectivity index (χ3v) is 3.24. The molecule has 0 spiro atoms. The summed E-state index contributed by atoms with van der Waals surface area (Å²) in [5.74, 6) is 0.360. The van der Waals surface area contributed by atoms with Crippen LogP contribution in [-0.4, -0.2) is 38.8 Å². The maximum absolute atomic E-state index is 11.8. The minimum atomic E-state index is 0.163. The summed E-state index contributed by atoms with van der Waals surface area (Å²) in [6, 6.07) is 0. The fraction of sp³-hybridized carbons (Fsp3) is 0.750. The maximum atomic E-state index is 11.8. The molecule has 1 fully saturated rings. The Bertz CT molecular complexity index is 270. The zero-order chi connectivity index (χ0) is 11.2. The van der Waals surface area contributed by atoms with Crippen molar-refractivity contribution < 1.29 is 9.53 Å². The Kier molecular flexibility index (Phi) is 4.36. The van der Waals surface area contributed by atoms with Gasteiger partial charge in [0.25, 0.3) is 0 Å². The van der Waals surface area contributed by atoms with Gasteiger partial charge in [0.05, 0.1) is 0 Å². The lowest BCUT2D eigenvalue weighted by Crippen LogP contribution is -2.36. The molecule has 4 heteroatoms. The highest BCUT2D eigenvalue weighted by Gasteiger charge is 2.21. The number of nitrogens with one attached hydrogen (secondary N) is 2. The van der Waals surface area contributed by atoms with Gasteiger partial charge in [-0.15, -0.1) is 0 Å². The standard InChI is InChI=1S/C12H20N2O2/c15-12(11-3-7-16-8-4-11)14-9-10-1-5-13-6-2-10/h1,11,13H,2-9H2,(H,14,15). The molecule has 0 saturated carbocycles. The highest BCUT2D eigenvalue weighted by Crippen LogP contribution is 2.14. The van der Waals surface area contributed by atoms with E-state index < -0.39 is 0 Å². The van der Waals surface area contributed by atoms with E-state index in [4.69, 9.17) is 4.74 Å². The third kappa shape index (κ3) is 3.32. The molecule has 2 aliphatic heterocycles. The molecule has 1 saturated heterocycles. The molecule has 2 heterocycles. The lowest BCUT2D eigenvalue weighted by atomic mass is 9.99. The van der Waals surface area contributed by atoms with Crippen molar-refractivity contribution in [2.75, 3.05) is 32.8 Å². The van der Waals surface area contributed by atoms with Crippen molar-refractivity contribution in [3.63, 3.8) is 0 Å². The minimum Gasteiger partial charge on any atom is -0.381 e. The zero-order valence-corrected chi connectivity index (χ0v) is 9.63. The molecule has 1 amide bonds. The Labute approximate surface area is 96.4 Å². The monoisotopic (exact) mass is 224 g/mol. The summed E-state index contributed by atoms with van der Waals surface area (Å²) >= 11 is 0. The van der Waals surface area contributed by atoms with Gasteiger partial charge in [0.2, 0.25) is 5.91 Å². The quantitative estimate of drug-likeness (QED) is 0.684. The van der Waals surface area contributed by atoms with Crippen molar-refractivity contribution in [3.8, 4) is 0 Å². The fourth-order valence-corrected chi connectivity index (χ4v) is 2.13. The summed E-state index contributed by atoms with van der Waals surface area (Å²) in [5.41, 5.74) is 1.35. The molecule has 90 valence electrons. The van der Waals surface area contributed by atoms with E-state index in [-0.39, 0.29) is 11.8 Å². The van der Waals surface area contributed by atoms with Crippen molar-refractivity contribution >= 4 is 5.91 Å². The normalized spacial score (nSPS) is 22.6. The lowest BCUT2D eigenvalue weighted by Gasteiger charge is -2.22. The van der Waals surface area contributed by atoms with Crippen LogP contribution >= 0.6 is 0 Å². The SMILES string of the molecule is O=C(NCC1=CCNCC1)C1CCOCC1. The first-order valence-electron chi connectivity index (χ1n) is 6.10. The molecular formula is C12H20N2O2. The highest BCUT2D eigenvalue weighted by molar-refractivity contribution is 5.78. The summed E-state index contributed by atoms with van der Waals surface area (Å²) in [4.78, 5) is 11.8. The molecule has 0 aromatic rings. The molecule has 0 aromatic carbocycles. The molecule has 0 aliphatic carbocycles. The smallest absolute Gasteiger partial charge is 0.223 e. The van der Waals surface area contributed by atoms with Gasteiger partial charge in [-0.25, -0.2) is 0 Å². The topological polar surface area (TPSA) is 50.4 Å².